The number of aryl methyl sites for hydroxylation is 2. The Morgan fingerprint density at radius 3 is 2.28 bits per heavy atom. The fourth-order valence-electron chi connectivity index (χ4n) is 3.54. The summed E-state index contributed by atoms with van der Waals surface area (Å²) in [6.45, 7) is 11.0. The summed E-state index contributed by atoms with van der Waals surface area (Å²) < 4.78 is 6.88. The lowest BCUT2D eigenvalue weighted by Crippen LogP contribution is -2.51. The van der Waals surface area contributed by atoms with Gasteiger partial charge >= 0.3 is 0 Å². The van der Waals surface area contributed by atoms with E-state index in [0.29, 0.717) is 37.6 Å². The van der Waals surface area contributed by atoms with E-state index in [0.717, 1.165) is 21.2 Å². The average molecular weight is 503 g/mol. The predicted molar refractivity (Wildman–Crippen MR) is 133 cm³/mol. The summed E-state index contributed by atoms with van der Waals surface area (Å²) in [7, 11) is 0. The molecule has 2 aromatic rings. The van der Waals surface area contributed by atoms with Crippen LogP contribution in [0, 0.1) is 19.8 Å². The van der Waals surface area contributed by atoms with Crippen molar-refractivity contribution in [2.24, 2.45) is 5.92 Å². The summed E-state index contributed by atoms with van der Waals surface area (Å²) in [4.78, 5) is 27.8. The maximum atomic E-state index is 13.2. The highest BCUT2D eigenvalue weighted by atomic mass is 79.9. The van der Waals surface area contributed by atoms with Crippen molar-refractivity contribution in [1.29, 1.82) is 0 Å². The molecule has 0 radical (unpaired) electrons. The van der Waals surface area contributed by atoms with Gasteiger partial charge in [-0.15, -0.1) is 0 Å². The molecule has 0 bridgehead atoms. The molecule has 1 N–H and O–H groups in total. The van der Waals surface area contributed by atoms with Crippen LogP contribution in [-0.4, -0.2) is 42.5 Å². The molecule has 0 aliphatic heterocycles. The first-order valence-corrected chi connectivity index (χ1v) is 12.0. The topological polar surface area (TPSA) is 58.6 Å². The summed E-state index contributed by atoms with van der Waals surface area (Å²) in [5, 5.41) is 2.98. The molecule has 1 atom stereocenters. The van der Waals surface area contributed by atoms with E-state index in [1.54, 1.807) is 4.90 Å². The molecule has 174 valence electrons. The largest absolute Gasteiger partial charge is 0.484 e. The standard InChI is InChI=1S/C26H35BrN2O3/c1-6-23(26(31)28-16-18(2)3)29(13-12-21-10-8-7-9-11-21)24(30)17-32-22-14-19(4)25(27)20(5)15-22/h7-11,14-15,18,23H,6,12-13,16-17H2,1-5H3,(H,28,31). The minimum atomic E-state index is -0.526. The van der Waals surface area contributed by atoms with Crippen LogP contribution in [-0.2, 0) is 16.0 Å². The minimum absolute atomic E-state index is 0.108. The molecule has 2 amide bonds. The molecule has 2 rings (SSSR count). The lowest BCUT2D eigenvalue weighted by molar-refractivity contribution is -0.142. The first kappa shape index (κ1) is 25.9. The Labute approximate surface area is 200 Å². The molecule has 0 fully saturated rings. The molecule has 0 heterocycles. The summed E-state index contributed by atoms with van der Waals surface area (Å²) >= 11 is 3.55. The maximum absolute atomic E-state index is 13.2. The molecule has 6 heteroatoms. The Hall–Kier alpha value is -2.34. The van der Waals surface area contributed by atoms with Crippen molar-refractivity contribution < 1.29 is 14.3 Å². The second-order valence-corrected chi connectivity index (χ2v) is 9.34. The highest BCUT2D eigenvalue weighted by Gasteiger charge is 2.28. The van der Waals surface area contributed by atoms with E-state index >= 15 is 0 Å². The molecule has 32 heavy (non-hydrogen) atoms. The van der Waals surface area contributed by atoms with E-state index in [1.807, 2.05) is 63.2 Å². The molecule has 5 nitrogen and oxygen atoms in total. The Kier molecular flexibility index (Phi) is 10.2. The second kappa shape index (κ2) is 12.6. The molecule has 0 aromatic heterocycles. The zero-order chi connectivity index (χ0) is 23.7. The molecule has 0 saturated heterocycles. The first-order chi connectivity index (χ1) is 15.2. The van der Waals surface area contributed by atoms with E-state index in [1.165, 1.54) is 0 Å². The van der Waals surface area contributed by atoms with Gasteiger partial charge in [-0.3, -0.25) is 9.59 Å². The summed E-state index contributed by atoms with van der Waals surface area (Å²) in [6.07, 6.45) is 1.22. The van der Waals surface area contributed by atoms with E-state index in [4.69, 9.17) is 4.74 Å². The Morgan fingerprint density at radius 2 is 1.72 bits per heavy atom. The molecule has 0 saturated carbocycles. The van der Waals surface area contributed by atoms with Crippen LogP contribution in [0.15, 0.2) is 46.9 Å². The monoisotopic (exact) mass is 502 g/mol. The van der Waals surface area contributed by atoms with Gasteiger partial charge in [-0.2, -0.15) is 0 Å². The molecule has 0 aliphatic carbocycles. The van der Waals surface area contributed by atoms with Crippen LogP contribution in [0.2, 0.25) is 0 Å². The van der Waals surface area contributed by atoms with E-state index in [-0.39, 0.29) is 18.4 Å². The lowest BCUT2D eigenvalue weighted by Gasteiger charge is -2.30. The second-order valence-electron chi connectivity index (χ2n) is 8.55. The van der Waals surface area contributed by atoms with Crippen LogP contribution < -0.4 is 10.1 Å². The van der Waals surface area contributed by atoms with E-state index in [9.17, 15) is 9.59 Å². The van der Waals surface area contributed by atoms with Crippen LogP contribution in [0.4, 0.5) is 0 Å². The number of benzene rings is 2. The van der Waals surface area contributed by atoms with Crippen molar-refractivity contribution in [3.63, 3.8) is 0 Å². The zero-order valence-electron chi connectivity index (χ0n) is 19.8. The Morgan fingerprint density at radius 1 is 1.09 bits per heavy atom. The van der Waals surface area contributed by atoms with Crippen molar-refractivity contribution in [1.82, 2.24) is 10.2 Å². The van der Waals surface area contributed by atoms with Gasteiger partial charge in [0.2, 0.25) is 5.91 Å². The summed E-state index contributed by atoms with van der Waals surface area (Å²) in [6, 6.07) is 13.3. The number of nitrogens with zero attached hydrogens (tertiary/aromatic N) is 1. The van der Waals surface area contributed by atoms with Crippen LogP contribution in [0.25, 0.3) is 0 Å². The predicted octanol–water partition coefficient (Wildman–Crippen LogP) is 5.07. The van der Waals surface area contributed by atoms with Crippen LogP contribution in [0.3, 0.4) is 0 Å². The van der Waals surface area contributed by atoms with Gasteiger partial charge in [-0.05, 0) is 61.4 Å². The van der Waals surface area contributed by atoms with Crippen molar-refractivity contribution in [2.45, 2.75) is 53.5 Å². The Bertz CT molecular complexity index is 876. The molecular formula is C26H35BrN2O3. The van der Waals surface area contributed by atoms with Gasteiger partial charge < -0.3 is 15.0 Å². The van der Waals surface area contributed by atoms with Crippen LogP contribution in [0.1, 0.15) is 43.9 Å². The van der Waals surface area contributed by atoms with Crippen LogP contribution >= 0.6 is 15.9 Å². The summed E-state index contributed by atoms with van der Waals surface area (Å²) in [5.41, 5.74) is 3.23. The van der Waals surface area contributed by atoms with Gasteiger partial charge in [0.05, 0.1) is 0 Å². The normalized spacial score (nSPS) is 11.8. The number of hydrogen-bond donors (Lipinski definition) is 1. The molecule has 0 aliphatic rings. The number of carbonyl (C=O) groups is 2. The molecule has 2 aromatic carbocycles. The van der Waals surface area contributed by atoms with Gasteiger partial charge in [-0.1, -0.05) is 67.0 Å². The smallest absolute Gasteiger partial charge is 0.261 e. The number of amides is 2. The molecular weight excluding hydrogens is 468 g/mol. The fourth-order valence-corrected chi connectivity index (χ4v) is 3.76. The quantitative estimate of drug-likeness (QED) is 0.466. The highest BCUT2D eigenvalue weighted by Crippen LogP contribution is 2.26. The zero-order valence-corrected chi connectivity index (χ0v) is 21.4. The van der Waals surface area contributed by atoms with Gasteiger partial charge in [-0.25, -0.2) is 0 Å². The number of halogens is 1. The number of rotatable bonds is 11. The van der Waals surface area contributed by atoms with Crippen molar-refractivity contribution >= 4 is 27.7 Å². The first-order valence-electron chi connectivity index (χ1n) is 11.2. The average Bonchev–Trinajstić information content (AvgIpc) is 2.77. The third-order valence-corrected chi connectivity index (χ3v) is 6.58. The van der Waals surface area contributed by atoms with E-state index in [2.05, 4.69) is 35.1 Å². The Balaban J connectivity index is 2.15. The SMILES string of the molecule is CCC(C(=O)NCC(C)C)N(CCc1ccccc1)C(=O)COc1cc(C)c(Br)c(C)c1. The number of ether oxygens (including phenoxy) is 1. The summed E-state index contributed by atoms with van der Waals surface area (Å²) in [5.74, 6) is 0.692. The van der Waals surface area contributed by atoms with Crippen LogP contribution in [0.5, 0.6) is 5.75 Å². The van der Waals surface area contributed by atoms with E-state index < -0.39 is 6.04 Å². The maximum Gasteiger partial charge on any atom is 0.261 e. The van der Waals surface area contributed by atoms with Gasteiger partial charge in [0.1, 0.15) is 11.8 Å². The molecule has 1 unspecified atom stereocenters. The van der Waals surface area contributed by atoms with Crippen molar-refractivity contribution in [3.05, 3.63) is 63.6 Å². The number of nitrogens with one attached hydrogen (secondary N) is 1. The lowest BCUT2D eigenvalue weighted by atomic mass is 10.1. The van der Waals surface area contributed by atoms with Gasteiger partial charge in [0.25, 0.3) is 5.91 Å². The minimum Gasteiger partial charge on any atom is -0.484 e. The van der Waals surface area contributed by atoms with Crippen molar-refractivity contribution in [3.8, 4) is 5.75 Å². The highest BCUT2D eigenvalue weighted by molar-refractivity contribution is 9.10. The number of hydrogen-bond acceptors (Lipinski definition) is 3. The van der Waals surface area contributed by atoms with Crippen molar-refractivity contribution in [2.75, 3.05) is 19.7 Å². The molecule has 0 spiro atoms. The third kappa shape index (κ3) is 7.66. The number of carbonyl (C=O) groups excluding carboxylic acids is 2. The fraction of sp³-hybridized carbons (Fsp3) is 0.462. The van der Waals surface area contributed by atoms with Gasteiger partial charge in [0, 0.05) is 17.6 Å². The van der Waals surface area contributed by atoms with Gasteiger partial charge in [0.15, 0.2) is 6.61 Å². The third-order valence-electron chi connectivity index (χ3n) is 5.33.